The molecule has 0 amide bonds. The van der Waals surface area contributed by atoms with Crippen molar-refractivity contribution >= 4 is 0 Å². The predicted octanol–water partition coefficient (Wildman–Crippen LogP) is 2.72. The molecule has 2 aromatic rings. The minimum atomic E-state index is -0.191. The Morgan fingerprint density at radius 2 is 2.18 bits per heavy atom. The van der Waals surface area contributed by atoms with Gasteiger partial charge in [-0.05, 0) is 42.8 Å². The lowest BCUT2D eigenvalue weighted by Crippen LogP contribution is -2.19. The number of aromatic nitrogens is 1. The van der Waals surface area contributed by atoms with Gasteiger partial charge in [0.05, 0.1) is 0 Å². The molecule has 2 nitrogen and oxygen atoms in total. The average Bonchev–Trinajstić information content (AvgIpc) is 2.37. The van der Waals surface area contributed by atoms with E-state index < -0.39 is 0 Å². The summed E-state index contributed by atoms with van der Waals surface area (Å²) in [6.45, 7) is 0. The van der Waals surface area contributed by atoms with Crippen LogP contribution in [-0.4, -0.2) is 12.0 Å². The van der Waals surface area contributed by atoms with Crippen molar-refractivity contribution in [3.8, 4) is 0 Å². The van der Waals surface area contributed by atoms with Crippen molar-refractivity contribution in [2.45, 2.75) is 12.5 Å². The van der Waals surface area contributed by atoms with E-state index in [4.69, 9.17) is 0 Å². The molecule has 0 aliphatic carbocycles. The molecule has 1 atom stereocenters. The summed E-state index contributed by atoms with van der Waals surface area (Å²) in [6.07, 6.45) is 4.33. The van der Waals surface area contributed by atoms with Gasteiger partial charge in [0.2, 0.25) is 0 Å². The number of pyridine rings is 1. The first-order valence-corrected chi connectivity index (χ1v) is 5.61. The van der Waals surface area contributed by atoms with Crippen molar-refractivity contribution in [3.05, 3.63) is 65.7 Å². The van der Waals surface area contributed by atoms with Crippen LogP contribution in [0.5, 0.6) is 0 Å². The zero-order valence-corrected chi connectivity index (χ0v) is 9.73. The summed E-state index contributed by atoms with van der Waals surface area (Å²) in [5.74, 6) is -0.191. The van der Waals surface area contributed by atoms with Crippen LogP contribution in [0.3, 0.4) is 0 Å². The zero-order chi connectivity index (χ0) is 12.1. The minimum absolute atomic E-state index is 0.158. The summed E-state index contributed by atoms with van der Waals surface area (Å²) in [6, 6.07) is 10.8. The molecule has 1 heterocycles. The predicted molar refractivity (Wildman–Crippen MR) is 66.1 cm³/mol. The van der Waals surface area contributed by atoms with E-state index in [1.165, 1.54) is 6.07 Å². The van der Waals surface area contributed by atoms with Crippen LogP contribution in [0.4, 0.5) is 4.39 Å². The lowest BCUT2D eigenvalue weighted by molar-refractivity contribution is 0.582. The van der Waals surface area contributed by atoms with Crippen molar-refractivity contribution < 1.29 is 4.39 Å². The van der Waals surface area contributed by atoms with Gasteiger partial charge in [-0.2, -0.15) is 0 Å². The Hall–Kier alpha value is -1.74. The smallest absolute Gasteiger partial charge is 0.123 e. The first kappa shape index (κ1) is 11.7. The van der Waals surface area contributed by atoms with Gasteiger partial charge in [-0.15, -0.1) is 0 Å². The molecule has 0 aliphatic heterocycles. The molecule has 0 aliphatic rings. The summed E-state index contributed by atoms with van der Waals surface area (Å²) in [5, 5.41) is 3.22. The fraction of sp³-hybridized carbons (Fsp3) is 0.214. The van der Waals surface area contributed by atoms with Gasteiger partial charge >= 0.3 is 0 Å². The minimum Gasteiger partial charge on any atom is -0.313 e. The Balaban J connectivity index is 2.16. The Labute approximate surface area is 101 Å². The van der Waals surface area contributed by atoms with Gasteiger partial charge in [0.15, 0.2) is 0 Å². The molecule has 0 radical (unpaired) electrons. The van der Waals surface area contributed by atoms with Gasteiger partial charge in [0, 0.05) is 18.4 Å². The number of hydrogen-bond donors (Lipinski definition) is 1. The number of likely N-dealkylation sites (N-methyl/N-ethyl adjacent to an activating group) is 1. The van der Waals surface area contributed by atoms with Crippen LogP contribution in [0.15, 0.2) is 48.8 Å². The van der Waals surface area contributed by atoms with E-state index in [0.29, 0.717) is 0 Å². The standard InChI is InChI=1S/C14H15FN2/c1-16-14(12-5-3-7-17-10-12)9-11-4-2-6-13(15)8-11/h2-8,10,14,16H,9H2,1H3. The van der Waals surface area contributed by atoms with E-state index in [1.54, 1.807) is 18.3 Å². The molecule has 0 saturated heterocycles. The van der Waals surface area contributed by atoms with E-state index in [9.17, 15) is 4.39 Å². The van der Waals surface area contributed by atoms with Gasteiger partial charge in [-0.1, -0.05) is 18.2 Å². The lowest BCUT2D eigenvalue weighted by atomic mass is 10.0. The third-order valence-corrected chi connectivity index (χ3v) is 2.76. The molecule has 0 spiro atoms. The Morgan fingerprint density at radius 3 is 2.82 bits per heavy atom. The molecule has 0 bridgehead atoms. The average molecular weight is 230 g/mol. The Kier molecular flexibility index (Phi) is 3.83. The van der Waals surface area contributed by atoms with Crippen LogP contribution >= 0.6 is 0 Å². The van der Waals surface area contributed by atoms with Crippen LogP contribution in [0.25, 0.3) is 0 Å². The van der Waals surface area contributed by atoms with E-state index in [1.807, 2.05) is 31.4 Å². The van der Waals surface area contributed by atoms with E-state index in [2.05, 4.69) is 10.3 Å². The molecular weight excluding hydrogens is 215 g/mol. The quantitative estimate of drug-likeness (QED) is 0.873. The number of rotatable bonds is 4. The highest BCUT2D eigenvalue weighted by molar-refractivity contribution is 5.22. The second kappa shape index (κ2) is 5.55. The summed E-state index contributed by atoms with van der Waals surface area (Å²) in [5.41, 5.74) is 2.09. The SMILES string of the molecule is CNC(Cc1cccc(F)c1)c1cccnc1. The molecule has 0 saturated carbocycles. The van der Waals surface area contributed by atoms with Crippen LogP contribution in [-0.2, 0) is 6.42 Å². The van der Waals surface area contributed by atoms with Gasteiger partial charge in [-0.25, -0.2) is 4.39 Å². The number of benzene rings is 1. The molecule has 1 aromatic heterocycles. The first-order valence-electron chi connectivity index (χ1n) is 5.61. The molecule has 1 unspecified atom stereocenters. The maximum Gasteiger partial charge on any atom is 0.123 e. The largest absolute Gasteiger partial charge is 0.313 e. The molecule has 3 heteroatoms. The third-order valence-electron chi connectivity index (χ3n) is 2.76. The monoisotopic (exact) mass is 230 g/mol. The Bertz CT molecular complexity index is 471. The normalized spacial score (nSPS) is 12.4. The summed E-state index contributed by atoms with van der Waals surface area (Å²) < 4.78 is 13.1. The summed E-state index contributed by atoms with van der Waals surface area (Å²) in [7, 11) is 1.90. The van der Waals surface area contributed by atoms with Crippen LogP contribution < -0.4 is 5.32 Å². The van der Waals surface area contributed by atoms with E-state index in [-0.39, 0.29) is 11.9 Å². The number of nitrogens with one attached hydrogen (secondary N) is 1. The fourth-order valence-electron chi connectivity index (χ4n) is 1.87. The second-order valence-electron chi connectivity index (χ2n) is 3.96. The summed E-state index contributed by atoms with van der Waals surface area (Å²) >= 11 is 0. The molecule has 2 rings (SSSR count). The van der Waals surface area contributed by atoms with Gasteiger partial charge in [-0.3, -0.25) is 4.98 Å². The third kappa shape index (κ3) is 3.11. The van der Waals surface area contributed by atoms with E-state index in [0.717, 1.165) is 17.5 Å². The maximum atomic E-state index is 13.1. The molecule has 88 valence electrons. The number of nitrogens with zero attached hydrogens (tertiary/aromatic N) is 1. The highest BCUT2D eigenvalue weighted by atomic mass is 19.1. The first-order chi connectivity index (χ1) is 8.29. The van der Waals surface area contributed by atoms with Crippen molar-refractivity contribution in [2.75, 3.05) is 7.05 Å². The molecule has 0 fully saturated rings. The van der Waals surface area contributed by atoms with Crippen molar-refractivity contribution in [3.63, 3.8) is 0 Å². The molecule has 1 aromatic carbocycles. The van der Waals surface area contributed by atoms with Crippen molar-refractivity contribution in [2.24, 2.45) is 0 Å². The molecule has 1 N–H and O–H groups in total. The van der Waals surface area contributed by atoms with E-state index >= 15 is 0 Å². The van der Waals surface area contributed by atoms with Gasteiger partial charge in [0.25, 0.3) is 0 Å². The topological polar surface area (TPSA) is 24.9 Å². The highest BCUT2D eigenvalue weighted by Gasteiger charge is 2.10. The fourth-order valence-corrected chi connectivity index (χ4v) is 1.87. The zero-order valence-electron chi connectivity index (χ0n) is 9.73. The lowest BCUT2D eigenvalue weighted by Gasteiger charge is -2.16. The van der Waals surface area contributed by atoms with Crippen LogP contribution in [0.2, 0.25) is 0 Å². The van der Waals surface area contributed by atoms with Crippen molar-refractivity contribution in [1.29, 1.82) is 0 Å². The van der Waals surface area contributed by atoms with Gasteiger partial charge in [0.1, 0.15) is 5.82 Å². The van der Waals surface area contributed by atoms with Gasteiger partial charge < -0.3 is 5.32 Å². The molecular formula is C14H15FN2. The maximum absolute atomic E-state index is 13.1. The highest BCUT2D eigenvalue weighted by Crippen LogP contribution is 2.17. The summed E-state index contributed by atoms with van der Waals surface area (Å²) in [4.78, 5) is 4.10. The Morgan fingerprint density at radius 1 is 1.29 bits per heavy atom. The van der Waals surface area contributed by atoms with Crippen molar-refractivity contribution in [1.82, 2.24) is 10.3 Å². The number of hydrogen-bond acceptors (Lipinski definition) is 2. The van der Waals surface area contributed by atoms with Crippen LogP contribution in [0, 0.1) is 5.82 Å². The second-order valence-corrected chi connectivity index (χ2v) is 3.96. The number of halogens is 1. The van der Waals surface area contributed by atoms with Crippen LogP contribution in [0.1, 0.15) is 17.2 Å². The molecule has 17 heavy (non-hydrogen) atoms.